The molecule has 1 N–H and O–H groups in total. The van der Waals surface area contributed by atoms with Gasteiger partial charge in [-0.2, -0.15) is 0 Å². The first-order valence-electron chi connectivity index (χ1n) is 12.7. The summed E-state index contributed by atoms with van der Waals surface area (Å²) in [5.74, 6) is 8.46. The summed E-state index contributed by atoms with van der Waals surface area (Å²) in [5.41, 5.74) is 3.43. The van der Waals surface area contributed by atoms with E-state index in [1.807, 2.05) is 48.5 Å². The van der Waals surface area contributed by atoms with Crippen molar-refractivity contribution in [2.24, 2.45) is 0 Å². The lowest BCUT2D eigenvalue weighted by molar-refractivity contribution is -0.125. The van der Waals surface area contributed by atoms with Gasteiger partial charge >= 0.3 is 0 Å². The molecule has 0 atom stereocenters. The number of fused-ring (bicyclic) bond motifs is 2. The maximum absolute atomic E-state index is 13.2. The minimum atomic E-state index is -0.193. The van der Waals surface area contributed by atoms with E-state index >= 15 is 0 Å². The molecule has 0 bridgehead atoms. The van der Waals surface area contributed by atoms with Gasteiger partial charge in [0.25, 0.3) is 0 Å². The third kappa shape index (κ3) is 10.0. The number of carbonyl (C=O) groups is 2. The van der Waals surface area contributed by atoms with Gasteiger partial charge in [0, 0.05) is 30.5 Å². The summed E-state index contributed by atoms with van der Waals surface area (Å²) >= 11 is 0. The largest absolute Gasteiger partial charge is 0.377 e. The van der Waals surface area contributed by atoms with Crippen molar-refractivity contribution in [3.8, 4) is 24.2 Å². The van der Waals surface area contributed by atoms with E-state index in [1.165, 1.54) is 0 Å². The Morgan fingerprint density at radius 1 is 0.816 bits per heavy atom. The van der Waals surface area contributed by atoms with Crippen molar-refractivity contribution in [1.29, 1.82) is 0 Å². The third-order valence-corrected chi connectivity index (χ3v) is 5.61. The van der Waals surface area contributed by atoms with E-state index < -0.39 is 0 Å². The molecule has 8 heteroatoms. The van der Waals surface area contributed by atoms with E-state index in [-0.39, 0.29) is 31.3 Å². The van der Waals surface area contributed by atoms with E-state index in [1.54, 1.807) is 4.90 Å². The summed E-state index contributed by atoms with van der Waals surface area (Å²) in [6.07, 6.45) is 5.28. The average molecular weight is 519 g/mol. The fourth-order valence-corrected chi connectivity index (χ4v) is 3.70. The molecule has 0 spiro atoms. The molecule has 0 aromatic heterocycles. The van der Waals surface area contributed by atoms with E-state index in [4.69, 9.17) is 25.4 Å². The molecule has 38 heavy (non-hydrogen) atoms. The van der Waals surface area contributed by atoms with Crippen LogP contribution < -0.4 is 10.2 Å². The number of nitrogens with one attached hydrogen (secondary N) is 1. The zero-order valence-electron chi connectivity index (χ0n) is 21.6. The van der Waals surface area contributed by atoms with E-state index in [0.717, 1.165) is 22.4 Å². The zero-order valence-corrected chi connectivity index (χ0v) is 21.6. The van der Waals surface area contributed by atoms with Crippen LogP contribution in [0.1, 0.15) is 29.5 Å². The molecule has 1 aliphatic rings. The second kappa shape index (κ2) is 17.0. The molecule has 0 saturated carbocycles. The van der Waals surface area contributed by atoms with E-state index in [9.17, 15) is 9.59 Å². The standard InChI is InChI=1S/C30H34N2O6/c1-2-16-35-18-20-37-22-23-38-21-19-36-17-15-31-29(33)13-14-30(34)32-24-27-9-4-3-7-25(27)11-12-26-8-5-6-10-28(26)32/h1,3-10H,13-24H2,(H,31,33). The molecule has 0 fully saturated rings. The highest BCUT2D eigenvalue weighted by Gasteiger charge is 2.21. The molecule has 0 unspecified atom stereocenters. The molecular weight excluding hydrogens is 484 g/mol. The van der Waals surface area contributed by atoms with Crippen LogP contribution in [0.3, 0.4) is 0 Å². The number of benzene rings is 2. The Morgan fingerprint density at radius 2 is 1.42 bits per heavy atom. The monoisotopic (exact) mass is 518 g/mol. The van der Waals surface area contributed by atoms with Crippen molar-refractivity contribution >= 4 is 17.5 Å². The van der Waals surface area contributed by atoms with Crippen molar-refractivity contribution in [3.63, 3.8) is 0 Å². The number of amides is 2. The third-order valence-electron chi connectivity index (χ3n) is 5.61. The Morgan fingerprint density at radius 3 is 2.16 bits per heavy atom. The quantitative estimate of drug-likeness (QED) is 0.272. The Bertz CT molecular complexity index is 1150. The Kier molecular flexibility index (Phi) is 12.9. The predicted molar refractivity (Wildman–Crippen MR) is 144 cm³/mol. The van der Waals surface area contributed by atoms with Gasteiger partial charge < -0.3 is 29.2 Å². The first-order valence-corrected chi connectivity index (χ1v) is 12.7. The molecule has 2 aromatic carbocycles. The second-order valence-corrected chi connectivity index (χ2v) is 8.35. The van der Waals surface area contributed by atoms with Gasteiger partial charge in [-0.25, -0.2) is 0 Å². The molecule has 200 valence electrons. The SMILES string of the molecule is C#CCOCCOCCOCCOCCNC(=O)CCC(=O)N1Cc2ccccc2C#Cc2ccccc21. The van der Waals surface area contributed by atoms with Crippen molar-refractivity contribution in [3.05, 3.63) is 65.2 Å². The van der Waals surface area contributed by atoms with Gasteiger partial charge in [0.1, 0.15) is 6.61 Å². The summed E-state index contributed by atoms with van der Waals surface area (Å²) in [7, 11) is 0. The number of carbonyl (C=O) groups excluding carboxylic acids is 2. The highest BCUT2D eigenvalue weighted by Crippen LogP contribution is 2.26. The van der Waals surface area contributed by atoms with Crippen LogP contribution in [0.25, 0.3) is 0 Å². The maximum atomic E-state index is 13.2. The van der Waals surface area contributed by atoms with Crippen molar-refractivity contribution in [2.75, 3.05) is 64.3 Å². The van der Waals surface area contributed by atoms with Crippen LogP contribution in [-0.2, 0) is 35.1 Å². The summed E-state index contributed by atoms with van der Waals surface area (Å²) < 4.78 is 21.3. The molecule has 2 amide bonds. The number of hydrogen-bond acceptors (Lipinski definition) is 6. The smallest absolute Gasteiger partial charge is 0.227 e. The van der Waals surface area contributed by atoms with Gasteiger partial charge in [0.15, 0.2) is 0 Å². The molecule has 1 aliphatic heterocycles. The van der Waals surface area contributed by atoms with Crippen LogP contribution in [0.15, 0.2) is 48.5 Å². The van der Waals surface area contributed by atoms with Gasteiger partial charge in [-0.05, 0) is 23.8 Å². The molecule has 2 aromatic rings. The van der Waals surface area contributed by atoms with Gasteiger partial charge in [-0.1, -0.05) is 48.1 Å². The summed E-state index contributed by atoms with van der Waals surface area (Å²) in [4.78, 5) is 27.2. The number of anilines is 1. The zero-order chi connectivity index (χ0) is 26.8. The van der Waals surface area contributed by atoms with Crippen molar-refractivity contribution in [1.82, 2.24) is 5.32 Å². The molecule has 3 rings (SSSR count). The van der Waals surface area contributed by atoms with Crippen LogP contribution in [0.2, 0.25) is 0 Å². The van der Waals surface area contributed by atoms with Gasteiger partial charge in [-0.15, -0.1) is 6.42 Å². The lowest BCUT2D eigenvalue weighted by Crippen LogP contribution is -2.34. The summed E-state index contributed by atoms with van der Waals surface area (Å²) in [6, 6.07) is 15.4. The fraction of sp³-hybridized carbons (Fsp3) is 0.400. The van der Waals surface area contributed by atoms with Gasteiger partial charge in [0.05, 0.1) is 58.5 Å². The molecule has 1 heterocycles. The minimum Gasteiger partial charge on any atom is -0.377 e. The molecule has 0 aliphatic carbocycles. The minimum absolute atomic E-state index is 0.0989. The summed E-state index contributed by atoms with van der Waals surface area (Å²) in [6.45, 7) is 4.14. The van der Waals surface area contributed by atoms with Crippen LogP contribution in [0.4, 0.5) is 5.69 Å². The number of terminal acetylenes is 1. The highest BCUT2D eigenvalue weighted by atomic mass is 16.6. The first kappa shape index (κ1) is 28.9. The predicted octanol–water partition coefficient (Wildman–Crippen LogP) is 2.53. The molecule has 0 saturated heterocycles. The maximum Gasteiger partial charge on any atom is 0.227 e. The Labute approximate surface area is 224 Å². The molecular formula is C30H34N2O6. The number of nitrogens with zero attached hydrogens (tertiary/aromatic N) is 1. The molecule has 8 nitrogen and oxygen atoms in total. The molecule has 0 radical (unpaired) electrons. The lowest BCUT2D eigenvalue weighted by atomic mass is 10.0. The number of rotatable bonds is 16. The van der Waals surface area contributed by atoms with Gasteiger partial charge in [0.2, 0.25) is 11.8 Å². The van der Waals surface area contributed by atoms with Crippen LogP contribution in [0.5, 0.6) is 0 Å². The number of ether oxygens (including phenoxy) is 4. The second-order valence-electron chi connectivity index (χ2n) is 8.35. The number of hydrogen-bond donors (Lipinski definition) is 1. The van der Waals surface area contributed by atoms with Crippen LogP contribution in [0, 0.1) is 24.2 Å². The Balaban J connectivity index is 1.30. The van der Waals surface area contributed by atoms with Crippen LogP contribution >= 0.6 is 0 Å². The Hall–Kier alpha value is -3.66. The first-order chi connectivity index (χ1) is 18.7. The highest BCUT2D eigenvalue weighted by molar-refractivity contribution is 5.96. The van der Waals surface area contributed by atoms with Crippen LogP contribution in [-0.4, -0.2) is 71.2 Å². The number of para-hydroxylation sites is 1. The normalized spacial score (nSPS) is 11.7. The van der Waals surface area contributed by atoms with E-state index in [0.29, 0.717) is 59.3 Å². The van der Waals surface area contributed by atoms with Crippen molar-refractivity contribution < 1.29 is 28.5 Å². The van der Waals surface area contributed by atoms with Gasteiger partial charge in [-0.3, -0.25) is 9.59 Å². The summed E-state index contributed by atoms with van der Waals surface area (Å²) in [5, 5.41) is 2.80. The average Bonchev–Trinajstić information content (AvgIpc) is 2.93. The lowest BCUT2D eigenvalue weighted by Gasteiger charge is -2.26. The topological polar surface area (TPSA) is 86.3 Å². The fourth-order valence-electron chi connectivity index (χ4n) is 3.70. The van der Waals surface area contributed by atoms with Crippen molar-refractivity contribution in [2.45, 2.75) is 19.4 Å². The van der Waals surface area contributed by atoms with E-state index in [2.05, 4.69) is 23.1 Å².